The van der Waals surface area contributed by atoms with Gasteiger partial charge in [0.05, 0.1) is 12.2 Å². The molecule has 1 aliphatic heterocycles. The van der Waals surface area contributed by atoms with Crippen LogP contribution in [0.2, 0.25) is 0 Å². The molecule has 0 aromatic heterocycles. The minimum Gasteiger partial charge on any atom is -0.475 e. The maximum Gasteiger partial charge on any atom is 0.412 e. The molecule has 1 atom stereocenters. The van der Waals surface area contributed by atoms with Gasteiger partial charge in [-0.15, -0.1) is 0 Å². The topological polar surface area (TPSA) is 90.7 Å². The largest absolute Gasteiger partial charge is 0.475 e. The van der Waals surface area contributed by atoms with E-state index in [9.17, 15) is 9.59 Å². The van der Waals surface area contributed by atoms with Gasteiger partial charge in [0.2, 0.25) is 6.10 Å². The van der Waals surface area contributed by atoms with Crippen molar-refractivity contribution >= 4 is 17.7 Å². The lowest BCUT2D eigenvalue weighted by Crippen LogP contribution is -2.40. The second-order valence-electron chi connectivity index (χ2n) is 3.22. The number of amides is 1. The molecular formula is C10H10N2O4. The zero-order valence-corrected chi connectivity index (χ0v) is 8.30. The molecule has 0 radical (unpaired) electrons. The van der Waals surface area contributed by atoms with Crippen molar-refractivity contribution in [1.82, 2.24) is 0 Å². The number of carbonyl (C=O) groups is 2. The highest BCUT2D eigenvalue weighted by Gasteiger charge is 2.28. The number of anilines is 1. The number of rotatable bonds is 1. The highest BCUT2D eigenvalue weighted by molar-refractivity contribution is 5.87. The summed E-state index contributed by atoms with van der Waals surface area (Å²) < 4.78 is 9.59. The van der Waals surface area contributed by atoms with Crippen LogP contribution < -0.4 is 15.8 Å². The van der Waals surface area contributed by atoms with E-state index in [1.54, 1.807) is 12.1 Å². The van der Waals surface area contributed by atoms with E-state index in [2.05, 4.69) is 10.1 Å². The lowest BCUT2D eigenvalue weighted by molar-refractivity contribution is -0.144. The zero-order valence-electron chi connectivity index (χ0n) is 8.30. The van der Waals surface area contributed by atoms with Crippen molar-refractivity contribution in [3.8, 4) is 5.75 Å². The molecule has 1 heterocycles. The average Bonchev–Trinajstić information content (AvgIpc) is 2.27. The maximum absolute atomic E-state index is 11.3. The molecule has 1 unspecified atom stereocenters. The van der Waals surface area contributed by atoms with Crippen molar-refractivity contribution < 1.29 is 19.1 Å². The van der Waals surface area contributed by atoms with Crippen LogP contribution in [-0.4, -0.2) is 24.7 Å². The summed E-state index contributed by atoms with van der Waals surface area (Å²) in [4.78, 5) is 21.7. The summed E-state index contributed by atoms with van der Waals surface area (Å²) in [6.07, 6.45) is -1.99. The van der Waals surface area contributed by atoms with Gasteiger partial charge in [0.1, 0.15) is 5.75 Å². The number of primary amides is 1. The first kappa shape index (κ1) is 10.3. The van der Waals surface area contributed by atoms with Crippen LogP contribution in [0.3, 0.4) is 0 Å². The normalized spacial score (nSPS) is 17.6. The molecule has 6 nitrogen and oxygen atoms in total. The third-order valence-corrected chi connectivity index (χ3v) is 2.10. The van der Waals surface area contributed by atoms with Crippen LogP contribution in [0.15, 0.2) is 24.3 Å². The van der Waals surface area contributed by atoms with Gasteiger partial charge in [-0.05, 0) is 12.1 Å². The summed E-state index contributed by atoms with van der Waals surface area (Å²) in [7, 11) is 0. The van der Waals surface area contributed by atoms with Crippen molar-refractivity contribution in [3.05, 3.63) is 24.3 Å². The van der Waals surface area contributed by atoms with Gasteiger partial charge in [0.25, 0.3) is 0 Å². The summed E-state index contributed by atoms with van der Waals surface area (Å²) in [6, 6.07) is 7.16. The number of hydrogen-bond acceptors (Lipinski definition) is 5. The second-order valence-corrected chi connectivity index (χ2v) is 3.22. The molecular weight excluding hydrogens is 212 g/mol. The van der Waals surface area contributed by atoms with Gasteiger partial charge in [0.15, 0.2) is 0 Å². The molecule has 0 saturated carbocycles. The van der Waals surface area contributed by atoms with Gasteiger partial charge < -0.3 is 20.5 Å². The average molecular weight is 222 g/mol. The van der Waals surface area contributed by atoms with E-state index in [4.69, 9.17) is 10.5 Å². The minimum absolute atomic E-state index is 0.239. The van der Waals surface area contributed by atoms with Gasteiger partial charge in [-0.3, -0.25) is 0 Å². The third-order valence-electron chi connectivity index (χ3n) is 2.10. The lowest BCUT2D eigenvalue weighted by atomic mass is 10.2. The van der Waals surface area contributed by atoms with Crippen molar-refractivity contribution in [2.75, 3.05) is 11.9 Å². The van der Waals surface area contributed by atoms with Crippen LogP contribution in [-0.2, 0) is 9.53 Å². The number of hydrogen-bond donors (Lipinski definition) is 2. The van der Waals surface area contributed by atoms with Gasteiger partial charge in [-0.25, -0.2) is 9.59 Å². The summed E-state index contributed by atoms with van der Waals surface area (Å²) in [5, 5.41) is 2.99. The fourth-order valence-corrected chi connectivity index (χ4v) is 1.41. The van der Waals surface area contributed by atoms with E-state index in [1.165, 1.54) is 0 Å². The minimum atomic E-state index is -1.13. The van der Waals surface area contributed by atoms with Gasteiger partial charge in [-0.2, -0.15) is 0 Å². The van der Waals surface area contributed by atoms with Gasteiger partial charge in [-0.1, -0.05) is 12.1 Å². The molecule has 3 N–H and O–H groups in total. The van der Waals surface area contributed by atoms with Crippen LogP contribution in [0.1, 0.15) is 0 Å². The molecule has 2 rings (SSSR count). The number of carbonyl (C=O) groups excluding carboxylic acids is 2. The van der Waals surface area contributed by atoms with Gasteiger partial charge in [0, 0.05) is 0 Å². The van der Waals surface area contributed by atoms with Crippen LogP contribution in [0, 0.1) is 0 Å². The lowest BCUT2D eigenvalue weighted by Gasteiger charge is -2.25. The molecule has 1 aromatic rings. The van der Waals surface area contributed by atoms with E-state index in [1.807, 2.05) is 12.1 Å². The SMILES string of the molecule is NC(=O)OC(=O)C1CNc2ccccc2O1. The summed E-state index contributed by atoms with van der Waals surface area (Å²) in [6.45, 7) is 0.239. The monoisotopic (exact) mass is 222 g/mol. The maximum atomic E-state index is 11.3. The van der Waals surface area contributed by atoms with E-state index in [-0.39, 0.29) is 6.54 Å². The van der Waals surface area contributed by atoms with E-state index < -0.39 is 18.2 Å². The molecule has 0 spiro atoms. The van der Waals surface area contributed by atoms with Crippen LogP contribution in [0.25, 0.3) is 0 Å². The Morgan fingerprint density at radius 2 is 2.19 bits per heavy atom. The fourth-order valence-electron chi connectivity index (χ4n) is 1.41. The Morgan fingerprint density at radius 1 is 1.44 bits per heavy atom. The first-order valence-electron chi connectivity index (χ1n) is 4.67. The Balaban J connectivity index is 2.08. The number of benzene rings is 1. The molecule has 0 saturated heterocycles. The van der Waals surface area contributed by atoms with Crippen molar-refractivity contribution in [2.45, 2.75) is 6.10 Å². The molecule has 0 bridgehead atoms. The third kappa shape index (κ3) is 2.05. The number of para-hydroxylation sites is 2. The fraction of sp³-hybridized carbons (Fsp3) is 0.200. The molecule has 0 fully saturated rings. The highest BCUT2D eigenvalue weighted by Crippen LogP contribution is 2.28. The Morgan fingerprint density at radius 3 is 2.94 bits per heavy atom. The molecule has 6 heteroatoms. The Kier molecular flexibility index (Phi) is 2.63. The first-order valence-corrected chi connectivity index (χ1v) is 4.67. The number of nitrogens with one attached hydrogen (secondary N) is 1. The van der Waals surface area contributed by atoms with Crippen molar-refractivity contribution in [1.29, 1.82) is 0 Å². The predicted octanol–water partition coefficient (Wildman–Crippen LogP) is 0.481. The molecule has 1 amide bonds. The number of esters is 1. The van der Waals surface area contributed by atoms with Crippen LogP contribution in [0.4, 0.5) is 10.5 Å². The molecule has 0 aliphatic carbocycles. The second kappa shape index (κ2) is 4.09. The quantitative estimate of drug-likeness (QED) is 0.532. The Labute approximate surface area is 91.3 Å². The number of nitrogens with two attached hydrogens (primary N) is 1. The van der Waals surface area contributed by atoms with Crippen LogP contribution in [0.5, 0.6) is 5.75 Å². The smallest absolute Gasteiger partial charge is 0.412 e. The van der Waals surface area contributed by atoms with E-state index in [0.29, 0.717) is 5.75 Å². The van der Waals surface area contributed by atoms with E-state index >= 15 is 0 Å². The van der Waals surface area contributed by atoms with Gasteiger partial charge >= 0.3 is 12.1 Å². The molecule has 1 aromatic carbocycles. The first-order chi connectivity index (χ1) is 7.66. The number of fused-ring (bicyclic) bond motifs is 1. The molecule has 84 valence electrons. The predicted molar refractivity (Wildman–Crippen MR) is 55.0 cm³/mol. The Hall–Kier alpha value is -2.24. The van der Waals surface area contributed by atoms with Crippen molar-refractivity contribution in [2.24, 2.45) is 5.73 Å². The summed E-state index contributed by atoms with van der Waals surface area (Å²) in [5.41, 5.74) is 5.53. The zero-order chi connectivity index (χ0) is 11.5. The van der Waals surface area contributed by atoms with E-state index in [0.717, 1.165) is 5.69 Å². The summed E-state index contributed by atoms with van der Waals surface area (Å²) in [5.74, 6) is -0.255. The molecule has 16 heavy (non-hydrogen) atoms. The van der Waals surface area contributed by atoms with Crippen LogP contribution >= 0.6 is 0 Å². The Bertz CT molecular complexity index is 433. The standard InChI is InChI=1S/C10H10N2O4/c11-10(14)16-9(13)8-5-12-6-3-1-2-4-7(6)15-8/h1-4,8,12H,5H2,(H2,11,14). The van der Waals surface area contributed by atoms with Crippen molar-refractivity contribution in [3.63, 3.8) is 0 Å². The number of ether oxygens (including phenoxy) is 2. The summed E-state index contributed by atoms with van der Waals surface area (Å²) >= 11 is 0. The molecule has 1 aliphatic rings. The highest BCUT2D eigenvalue weighted by atomic mass is 16.6.